The molecule has 3 aromatic rings. The first-order chi connectivity index (χ1) is 11.6. The van der Waals surface area contributed by atoms with Crippen LogP contribution in [-0.4, -0.2) is 22.6 Å². The summed E-state index contributed by atoms with van der Waals surface area (Å²) in [6, 6.07) is 13.9. The number of anilines is 1. The molecule has 0 unspecified atom stereocenters. The lowest BCUT2D eigenvalue weighted by Gasteiger charge is -2.11. The lowest BCUT2D eigenvalue weighted by atomic mass is 10.2. The number of ether oxygens (including phenoxy) is 1. The summed E-state index contributed by atoms with van der Waals surface area (Å²) in [7, 11) is 3.20. The summed E-state index contributed by atoms with van der Waals surface area (Å²) in [5, 5.41) is 0. The summed E-state index contributed by atoms with van der Waals surface area (Å²) >= 11 is 0. The maximum absolute atomic E-state index is 12.3. The van der Waals surface area contributed by atoms with E-state index in [1.54, 1.807) is 56.6 Å². The molecule has 0 saturated carbocycles. The molecule has 24 heavy (non-hydrogen) atoms. The number of carbonyl (C=O) groups excluding carboxylic acids is 1. The predicted molar refractivity (Wildman–Crippen MR) is 91.1 cm³/mol. The summed E-state index contributed by atoms with van der Waals surface area (Å²) in [6.45, 7) is 0. The Morgan fingerprint density at radius 2 is 1.92 bits per heavy atom. The Kier molecular flexibility index (Phi) is 4.15. The van der Waals surface area contributed by atoms with Crippen LogP contribution in [0, 0.1) is 0 Å². The Balaban J connectivity index is 1.90. The smallest absolute Gasteiger partial charge is 0.295 e. The van der Waals surface area contributed by atoms with E-state index in [2.05, 4.69) is 15.8 Å². The zero-order chi connectivity index (χ0) is 17.1. The number of hydrazine groups is 1. The number of nitrogens with zero attached hydrogens (tertiary/aromatic N) is 2. The molecule has 0 radical (unpaired) electrons. The molecule has 0 aliphatic heterocycles. The number of fused-ring (bicyclic) bond motifs is 1. The lowest BCUT2D eigenvalue weighted by Crippen LogP contribution is -2.34. The second-order valence-electron chi connectivity index (χ2n) is 5.12. The van der Waals surface area contributed by atoms with Gasteiger partial charge in [0.2, 0.25) is 5.82 Å². The van der Waals surface area contributed by atoms with Crippen molar-refractivity contribution in [1.29, 1.82) is 0 Å². The van der Waals surface area contributed by atoms with Crippen molar-refractivity contribution in [2.75, 3.05) is 12.5 Å². The third kappa shape index (κ3) is 2.91. The fourth-order valence-electron chi connectivity index (χ4n) is 2.30. The second-order valence-corrected chi connectivity index (χ2v) is 5.12. The molecule has 0 aliphatic carbocycles. The summed E-state index contributed by atoms with van der Waals surface area (Å²) in [4.78, 5) is 28.7. The average molecular weight is 324 g/mol. The third-order valence-corrected chi connectivity index (χ3v) is 3.61. The molecule has 0 aliphatic rings. The maximum atomic E-state index is 12.3. The number of carbonyl (C=O) groups is 1. The van der Waals surface area contributed by atoms with E-state index in [0.717, 1.165) is 0 Å². The van der Waals surface area contributed by atoms with Gasteiger partial charge in [-0.1, -0.05) is 18.2 Å². The Morgan fingerprint density at radius 3 is 2.62 bits per heavy atom. The van der Waals surface area contributed by atoms with Crippen molar-refractivity contribution >= 4 is 22.8 Å². The second kappa shape index (κ2) is 6.41. The maximum Gasteiger partial charge on any atom is 0.295 e. The molecule has 0 bridgehead atoms. The van der Waals surface area contributed by atoms with Crippen molar-refractivity contribution in [1.82, 2.24) is 15.0 Å². The summed E-state index contributed by atoms with van der Waals surface area (Å²) in [5.74, 6) is 0.306. The van der Waals surface area contributed by atoms with E-state index in [4.69, 9.17) is 4.74 Å². The van der Waals surface area contributed by atoms with Gasteiger partial charge in [-0.05, 0) is 24.3 Å². The highest BCUT2D eigenvalue weighted by Gasteiger charge is 2.11. The van der Waals surface area contributed by atoms with Crippen LogP contribution in [0.25, 0.3) is 11.0 Å². The number of nitrogens with one attached hydrogen (secondary N) is 2. The van der Waals surface area contributed by atoms with E-state index in [9.17, 15) is 9.59 Å². The van der Waals surface area contributed by atoms with Crippen LogP contribution in [0.2, 0.25) is 0 Å². The number of hydrogen-bond acceptors (Lipinski definition) is 5. The fraction of sp³-hybridized carbons (Fsp3) is 0.118. The molecule has 2 aromatic carbocycles. The topological polar surface area (TPSA) is 85.2 Å². The van der Waals surface area contributed by atoms with Crippen LogP contribution in [0.3, 0.4) is 0 Å². The molecule has 0 saturated heterocycles. The van der Waals surface area contributed by atoms with Crippen LogP contribution >= 0.6 is 0 Å². The molecule has 0 fully saturated rings. The molecule has 7 heteroatoms. The molecule has 2 N–H and O–H groups in total. The molecular formula is C17H16N4O3. The van der Waals surface area contributed by atoms with Gasteiger partial charge in [0, 0.05) is 18.7 Å². The number of methoxy groups -OCH3 is 1. The molecular weight excluding hydrogens is 308 g/mol. The highest BCUT2D eigenvalue weighted by atomic mass is 16.5. The van der Waals surface area contributed by atoms with Crippen LogP contribution in [0.5, 0.6) is 5.75 Å². The Hall–Kier alpha value is -3.35. The van der Waals surface area contributed by atoms with Gasteiger partial charge in [0.25, 0.3) is 11.5 Å². The van der Waals surface area contributed by atoms with E-state index >= 15 is 0 Å². The first-order valence-electron chi connectivity index (χ1n) is 7.26. The van der Waals surface area contributed by atoms with Gasteiger partial charge in [-0.25, -0.2) is 4.98 Å². The zero-order valence-corrected chi connectivity index (χ0v) is 13.2. The minimum atomic E-state index is -0.356. The van der Waals surface area contributed by atoms with Crippen molar-refractivity contribution in [3.8, 4) is 5.75 Å². The van der Waals surface area contributed by atoms with Crippen LogP contribution in [0.4, 0.5) is 5.82 Å². The Morgan fingerprint density at radius 1 is 1.17 bits per heavy atom. The van der Waals surface area contributed by atoms with Gasteiger partial charge in [0.05, 0.1) is 18.1 Å². The molecule has 122 valence electrons. The molecule has 0 atom stereocenters. The van der Waals surface area contributed by atoms with Crippen LogP contribution < -0.4 is 21.1 Å². The number of aryl methyl sites for hydroxylation is 1. The minimum absolute atomic E-state index is 0.0301. The fourth-order valence-corrected chi connectivity index (χ4v) is 2.30. The monoisotopic (exact) mass is 324 g/mol. The molecule has 7 nitrogen and oxygen atoms in total. The van der Waals surface area contributed by atoms with Gasteiger partial charge in [-0.2, -0.15) is 0 Å². The molecule has 1 heterocycles. The van der Waals surface area contributed by atoms with Gasteiger partial charge in [0.1, 0.15) is 5.75 Å². The first kappa shape index (κ1) is 15.5. The third-order valence-electron chi connectivity index (χ3n) is 3.61. The van der Waals surface area contributed by atoms with Crippen LogP contribution in [0.15, 0.2) is 53.3 Å². The van der Waals surface area contributed by atoms with E-state index in [1.165, 1.54) is 4.57 Å². The number of hydrogen-bond donors (Lipinski definition) is 2. The highest BCUT2D eigenvalue weighted by molar-refractivity contribution is 5.94. The standard InChI is InChI=1S/C17H16N4O3/c1-21-14-9-8-12(24-2)10-13(14)18-15(17(21)23)19-20-16(22)11-6-4-3-5-7-11/h3-10H,1-2H3,(H,18,19)(H,20,22). The summed E-state index contributed by atoms with van der Waals surface area (Å²) in [5.41, 5.74) is 6.45. The van der Waals surface area contributed by atoms with Gasteiger partial charge in [-0.3, -0.25) is 20.4 Å². The summed E-state index contributed by atoms with van der Waals surface area (Å²) in [6.07, 6.45) is 0. The Labute approximate surface area is 137 Å². The van der Waals surface area contributed by atoms with Gasteiger partial charge >= 0.3 is 0 Å². The number of amides is 1. The summed E-state index contributed by atoms with van der Waals surface area (Å²) < 4.78 is 6.63. The predicted octanol–water partition coefficient (Wildman–Crippen LogP) is 1.70. The van der Waals surface area contributed by atoms with Gasteiger partial charge in [0.15, 0.2) is 0 Å². The molecule has 1 aromatic heterocycles. The zero-order valence-electron chi connectivity index (χ0n) is 13.2. The van der Waals surface area contributed by atoms with Crippen molar-refractivity contribution in [2.24, 2.45) is 7.05 Å². The average Bonchev–Trinajstić information content (AvgIpc) is 2.63. The highest BCUT2D eigenvalue weighted by Crippen LogP contribution is 2.18. The van der Waals surface area contributed by atoms with E-state index < -0.39 is 0 Å². The van der Waals surface area contributed by atoms with Crippen molar-refractivity contribution < 1.29 is 9.53 Å². The van der Waals surface area contributed by atoms with Crippen molar-refractivity contribution in [2.45, 2.75) is 0 Å². The quantitative estimate of drug-likeness (QED) is 0.714. The van der Waals surface area contributed by atoms with E-state index in [1.807, 2.05) is 6.07 Å². The molecule has 3 rings (SSSR count). The normalized spacial score (nSPS) is 10.4. The number of rotatable bonds is 4. The van der Waals surface area contributed by atoms with Crippen molar-refractivity contribution in [3.05, 3.63) is 64.4 Å². The largest absolute Gasteiger partial charge is 0.497 e. The number of benzene rings is 2. The Bertz CT molecular complexity index is 951. The van der Waals surface area contributed by atoms with E-state index in [0.29, 0.717) is 22.3 Å². The minimum Gasteiger partial charge on any atom is -0.497 e. The van der Waals surface area contributed by atoms with Gasteiger partial charge in [-0.15, -0.1) is 0 Å². The van der Waals surface area contributed by atoms with E-state index in [-0.39, 0.29) is 17.3 Å². The molecule has 1 amide bonds. The SMILES string of the molecule is COc1ccc2c(c1)nc(NNC(=O)c1ccccc1)c(=O)n2C. The van der Waals surface area contributed by atoms with Gasteiger partial charge < -0.3 is 9.30 Å². The first-order valence-corrected chi connectivity index (χ1v) is 7.26. The van der Waals surface area contributed by atoms with Crippen LogP contribution in [-0.2, 0) is 7.05 Å². The molecule has 0 spiro atoms. The lowest BCUT2D eigenvalue weighted by molar-refractivity contribution is 0.0962. The van der Waals surface area contributed by atoms with Crippen LogP contribution in [0.1, 0.15) is 10.4 Å². The number of aromatic nitrogens is 2. The van der Waals surface area contributed by atoms with Crippen molar-refractivity contribution in [3.63, 3.8) is 0 Å².